The fourth-order valence-electron chi connectivity index (χ4n) is 3.89. The molecule has 0 spiro atoms. The Balaban J connectivity index is 1.42. The number of nitrogens with one attached hydrogen (secondary N) is 2. The molecule has 3 aromatic carbocycles. The molecule has 0 aliphatic rings. The van der Waals surface area contributed by atoms with Crippen LogP contribution in [0.4, 0.5) is 5.69 Å². The normalized spacial score (nSPS) is 11.5. The van der Waals surface area contributed by atoms with Gasteiger partial charge in [-0.25, -0.2) is 0 Å². The van der Waals surface area contributed by atoms with E-state index in [1.807, 2.05) is 44.2 Å². The lowest BCUT2D eigenvalue weighted by atomic mass is 10.1. The summed E-state index contributed by atoms with van der Waals surface area (Å²) < 4.78 is 1.43. The first-order valence-electron chi connectivity index (χ1n) is 12.0. The van der Waals surface area contributed by atoms with Gasteiger partial charge in [0.1, 0.15) is 5.56 Å². The summed E-state index contributed by atoms with van der Waals surface area (Å²) in [6, 6.07) is 27.5. The smallest absolute Gasteiger partial charge is 0.267 e. The van der Waals surface area contributed by atoms with E-state index in [9.17, 15) is 14.4 Å². The topological polar surface area (TPSA) is 80.2 Å². The first-order valence-corrected chi connectivity index (χ1v) is 12.0. The SMILES string of the molecule is Cc1ccc(C(=O)Nc2ccc(-n3cccc(C(=O)N[C@@H](C)CCc4ccccc4)c3=O)cc2)cc1. The molecule has 0 unspecified atom stereocenters. The van der Waals surface area contributed by atoms with Gasteiger partial charge in [-0.1, -0.05) is 48.0 Å². The van der Waals surface area contributed by atoms with E-state index in [2.05, 4.69) is 22.8 Å². The summed E-state index contributed by atoms with van der Waals surface area (Å²) in [5.74, 6) is -0.600. The molecule has 2 amide bonds. The Morgan fingerprint density at radius 2 is 1.53 bits per heavy atom. The maximum Gasteiger partial charge on any atom is 0.267 e. The van der Waals surface area contributed by atoms with Crippen molar-refractivity contribution in [3.05, 3.63) is 130 Å². The number of carbonyl (C=O) groups excluding carboxylic acids is 2. The summed E-state index contributed by atoms with van der Waals surface area (Å²) in [5, 5.41) is 5.79. The molecular weight excluding hydrogens is 450 g/mol. The number of hydrogen-bond acceptors (Lipinski definition) is 3. The van der Waals surface area contributed by atoms with Crippen LogP contribution in [-0.4, -0.2) is 22.4 Å². The molecule has 0 saturated carbocycles. The number of benzene rings is 3. The van der Waals surface area contributed by atoms with E-state index in [-0.39, 0.29) is 17.5 Å². The maximum absolute atomic E-state index is 13.1. The van der Waals surface area contributed by atoms with Crippen molar-refractivity contribution in [2.75, 3.05) is 5.32 Å². The third-order valence-electron chi connectivity index (χ3n) is 6.00. The number of amides is 2. The fraction of sp³-hybridized carbons (Fsp3) is 0.167. The van der Waals surface area contributed by atoms with E-state index < -0.39 is 11.5 Å². The summed E-state index contributed by atoms with van der Waals surface area (Å²) in [5.41, 5.74) is 3.75. The monoisotopic (exact) mass is 479 g/mol. The molecule has 36 heavy (non-hydrogen) atoms. The highest BCUT2D eigenvalue weighted by Crippen LogP contribution is 2.14. The molecule has 6 heteroatoms. The van der Waals surface area contributed by atoms with Gasteiger partial charge in [-0.15, -0.1) is 0 Å². The molecule has 182 valence electrons. The molecule has 0 bridgehead atoms. The van der Waals surface area contributed by atoms with Crippen molar-refractivity contribution in [1.82, 2.24) is 9.88 Å². The van der Waals surface area contributed by atoms with Crippen molar-refractivity contribution < 1.29 is 9.59 Å². The van der Waals surface area contributed by atoms with E-state index in [1.54, 1.807) is 48.7 Å². The molecule has 6 nitrogen and oxygen atoms in total. The summed E-state index contributed by atoms with van der Waals surface area (Å²) >= 11 is 0. The lowest BCUT2D eigenvalue weighted by Gasteiger charge is -2.15. The van der Waals surface area contributed by atoms with E-state index in [0.29, 0.717) is 16.9 Å². The van der Waals surface area contributed by atoms with Crippen LogP contribution in [0.2, 0.25) is 0 Å². The number of aryl methyl sites for hydroxylation is 2. The Morgan fingerprint density at radius 1 is 0.833 bits per heavy atom. The van der Waals surface area contributed by atoms with Gasteiger partial charge < -0.3 is 10.6 Å². The van der Waals surface area contributed by atoms with Gasteiger partial charge in [0.2, 0.25) is 0 Å². The van der Waals surface area contributed by atoms with Crippen molar-refractivity contribution in [2.45, 2.75) is 32.7 Å². The van der Waals surface area contributed by atoms with E-state index in [1.165, 1.54) is 16.2 Å². The van der Waals surface area contributed by atoms with E-state index in [0.717, 1.165) is 18.4 Å². The van der Waals surface area contributed by atoms with Gasteiger partial charge in [0.15, 0.2) is 0 Å². The van der Waals surface area contributed by atoms with Crippen molar-refractivity contribution in [2.24, 2.45) is 0 Å². The third-order valence-corrected chi connectivity index (χ3v) is 6.00. The Labute approximate surface area is 210 Å². The van der Waals surface area contributed by atoms with Crippen molar-refractivity contribution in [3.63, 3.8) is 0 Å². The summed E-state index contributed by atoms with van der Waals surface area (Å²) in [4.78, 5) is 38.4. The molecule has 1 heterocycles. The number of nitrogens with zero attached hydrogens (tertiary/aromatic N) is 1. The lowest BCUT2D eigenvalue weighted by Crippen LogP contribution is -2.37. The Bertz CT molecular complexity index is 1390. The van der Waals surface area contributed by atoms with Gasteiger partial charge in [0.25, 0.3) is 17.4 Å². The van der Waals surface area contributed by atoms with Gasteiger partial charge in [-0.2, -0.15) is 0 Å². The summed E-state index contributed by atoms with van der Waals surface area (Å²) in [7, 11) is 0. The largest absolute Gasteiger partial charge is 0.349 e. The average molecular weight is 480 g/mol. The quantitative estimate of drug-likeness (QED) is 0.367. The maximum atomic E-state index is 13.1. The van der Waals surface area contributed by atoms with Crippen molar-refractivity contribution in [3.8, 4) is 5.69 Å². The predicted octanol–water partition coefficient (Wildman–Crippen LogP) is 5.15. The van der Waals surface area contributed by atoms with Gasteiger partial charge in [0.05, 0.1) is 0 Å². The fourth-order valence-corrected chi connectivity index (χ4v) is 3.89. The first-order chi connectivity index (χ1) is 17.4. The molecule has 0 saturated heterocycles. The van der Waals surface area contributed by atoms with Crippen LogP contribution in [0.5, 0.6) is 0 Å². The highest BCUT2D eigenvalue weighted by molar-refractivity contribution is 6.04. The van der Waals surface area contributed by atoms with Gasteiger partial charge in [0, 0.05) is 29.2 Å². The van der Waals surface area contributed by atoms with Gasteiger partial charge >= 0.3 is 0 Å². The molecule has 0 aliphatic carbocycles. The molecule has 0 aliphatic heterocycles. The standard InChI is InChI=1S/C30H29N3O3/c1-21-10-14-24(15-11-21)28(34)32-25-16-18-26(19-17-25)33-20-6-9-27(30(33)36)29(35)31-22(2)12-13-23-7-4-3-5-8-23/h3-11,14-20,22H,12-13H2,1-2H3,(H,31,35)(H,32,34)/t22-/m0/s1. The molecule has 2 N–H and O–H groups in total. The second-order valence-corrected chi connectivity index (χ2v) is 8.86. The molecule has 1 aromatic heterocycles. The van der Waals surface area contributed by atoms with Crippen molar-refractivity contribution >= 4 is 17.5 Å². The second kappa shape index (κ2) is 11.3. The van der Waals surface area contributed by atoms with E-state index in [4.69, 9.17) is 0 Å². The highest BCUT2D eigenvalue weighted by atomic mass is 16.2. The Hall–Kier alpha value is -4.45. The number of aromatic nitrogens is 1. The molecular formula is C30H29N3O3. The summed E-state index contributed by atoms with van der Waals surface area (Å²) in [6.07, 6.45) is 3.23. The first kappa shape index (κ1) is 24.7. The predicted molar refractivity (Wildman–Crippen MR) is 143 cm³/mol. The second-order valence-electron chi connectivity index (χ2n) is 8.86. The minimum atomic E-state index is -0.401. The zero-order chi connectivity index (χ0) is 25.5. The molecule has 0 fully saturated rings. The third kappa shape index (κ3) is 6.16. The average Bonchev–Trinajstić information content (AvgIpc) is 2.89. The minimum absolute atomic E-state index is 0.0813. The number of anilines is 1. The number of pyridine rings is 1. The van der Waals surface area contributed by atoms with Crippen LogP contribution in [0.25, 0.3) is 5.69 Å². The molecule has 1 atom stereocenters. The van der Waals surface area contributed by atoms with Crippen LogP contribution >= 0.6 is 0 Å². The zero-order valence-corrected chi connectivity index (χ0v) is 20.4. The number of rotatable bonds is 8. The van der Waals surface area contributed by atoms with Gasteiger partial charge in [-0.3, -0.25) is 19.0 Å². The number of hydrogen-bond donors (Lipinski definition) is 2. The van der Waals surface area contributed by atoms with Crippen LogP contribution in [0, 0.1) is 6.92 Å². The molecule has 4 rings (SSSR count). The minimum Gasteiger partial charge on any atom is -0.349 e. The Morgan fingerprint density at radius 3 is 2.22 bits per heavy atom. The molecule has 0 radical (unpaired) electrons. The van der Waals surface area contributed by atoms with Crippen molar-refractivity contribution in [1.29, 1.82) is 0 Å². The van der Waals surface area contributed by atoms with E-state index >= 15 is 0 Å². The highest BCUT2D eigenvalue weighted by Gasteiger charge is 2.15. The molecule has 4 aromatic rings. The van der Waals surface area contributed by atoms with Crippen LogP contribution in [0.15, 0.2) is 102 Å². The Kier molecular flexibility index (Phi) is 7.75. The van der Waals surface area contributed by atoms with Gasteiger partial charge in [-0.05, 0) is 80.8 Å². The van der Waals surface area contributed by atoms with Crippen LogP contribution in [0.1, 0.15) is 45.2 Å². The van der Waals surface area contributed by atoms with Crippen LogP contribution in [0.3, 0.4) is 0 Å². The zero-order valence-electron chi connectivity index (χ0n) is 20.4. The lowest BCUT2D eigenvalue weighted by molar-refractivity contribution is 0.0936. The van der Waals surface area contributed by atoms with Crippen LogP contribution in [-0.2, 0) is 6.42 Å². The summed E-state index contributed by atoms with van der Waals surface area (Å²) in [6.45, 7) is 3.90. The number of carbonyl (C=O) groups is 2. The van der Waals surface area contributed by atoms with Crippen LogP contribution < -0.4 is 16.2 Å².